The zero-order chi connectivity index (χ0) is 22.6. The number of hydrogen-bond donors (Lipinski definition) is 1. The third-order valence-corrected chi connectivity index (χ3v) is 6.30. The van der Waals surface area contributed by atoms with Crippen molar-refractivity contribution in [3.05, 3.63) is 76.8 Å². The van der Waals surface area contributed by atoms with Gasteiger partial charge < -0.3 is 19.1 Å². The first kappa shape index (κ1) is 22.6. The van der Waals surface area contributed by atoms with Crippen LogP contribution in [0.1, 0.15) is 29.8 Å². The molecule has 170 valence electrons. The fraction of sp³-hybridized carbons (Fsp3) is 0.400. The molecule has 1 saturated heterocycles. The SMILES string of the molecule is Cc1ccc(Cl)c(OCC2(O)CCN(Cc3ccc(OCc4nccn4C)cc3)CC2)c1. The van der Waals surface area contributed by atoms with E-state index < -0.39 is 5.60 Å². The molecule has 0 aliphatic carbocycles. The molecule has 1 aliphatic rings. The molecule has 1 aromatic heterocycles. The molecule has 0 amide bonds. The Kier molecular flexibility index (Phi) is 7.04. The maximum absolute atomic E-state index is 11.0. The van der Waals surface area contributed by atoms with Gasteiger partial charge in [-0.3, -0.25) is 4.90 Å². The van der Waals surface area contributed by atoms with Crippen molar-refractivity contribution in [2.24, 2.45) is 7.05 Å². The number of benzene rings is 2. The van der Waals surface area contributed by atoms with Crippen LogP contribution < -0.4 is 9.47 Å². The van der Waals surface area contributed by atoms with Gasteiger partial charge in [0.25, 0.3) is 0 Å². The summed E-state index contributed by atoms with van der Waals surface area (Å²) in [6.07, 6.45) is 5.01. The standard InChI is InChI=1S/C25H30ClN3O3/c1-19-3-8-22(26)23(15-19)32-18-25(30)9-12-29(13-10-25)16-20-4-6-21(7-5-20)31-17-24-27-11-14-28(24)2/h3-8,11,14-15,30H,9-10,12-13,16-18H2,1-2H3. The number of aliphatic hydroxyl groups is 1. The lowest BCUT2D eigenvalue weighted by atomic mass is 9.92. The van der Waals surface area contributed by atoms with Gasteiger partial charge in [0.2, 0.25) is 0 Å². The van der Waals surface area contributed by atoms with E-state index >= 15 is 0 Å². The van der Waals surface area contributed by atoms with Crippen LogP contribution >= 0.6 is 11.6 Å². The van der Waals surface area contributed by atoms with Crippen molar-refractivity contribution in [3.8, 4) is 11.5 Å². The Morgan fingerprint density at radius 2 is 1.84 bits per heavy atom. The van der Waals surface area contributed by atoms with Crippen molar-refractivity contribution in [1.29, 1.82) is 0 Å². The summed E-state index contributed by atoms with van der Waals surface area (Å²) in [6.45, 7) is 5.18. The van der Waals surface area contributed by atoms with Gasteiger partial charge in [0, 0.05) is 39.1 Å². The van der Waals surface area contributed by atoms with E-state index in [0.717, 1.165) is 36.8 Å². The van der Waals surface area contributed by atoms with E-state index in [-0.39, 0.29) is 6.61 Å². The van der Waals surface area contributed by atoms with Crippen LogP contribution in [0.15, 0.2) is 54.9 Å². The number of nitrogens with zero attached hydrogens (tertiary/aromatic N) is 3. The predicted octanol–water partition coefficient (Wildman–Crippen LogP) is 4.37. The highest BCUT2D eigenvalue weighted by Crippen LogP contribution is 2.29. The zero-order valence-electron chi connectivity index (χ0n) is 18.6. The molecule has 4 rings (SSSR count). The zero-order valence-corrected chi connectivity index (χ0v) is 19.4. The van der Waals surface area contributed by atoms with Crippen LogP contribution in [0.3, 0.4) is 0 Å². The Labute approximate surface area is 194 Å². The average Bonchev–Trinajstić information content (AvgIpc) is 3.20. The first-order chi connectivity index (χ1) is 15.4. The average molecular weight is 456 g/mol. The Balaban J connectivity index is 1.23. The summed E-state index contributed by atoms with van der Waals surface area (Å²) in [4.78, 5) is 6.63. The summed E-state index contributed by atoms with van der Waals surface area (Å²) >= 11 is 6.21. The van der Waals surface area contributed by atoms with Gasteiger partial charge in [-0.2, -0.15) is 0 Å². The molecule has 32 heavy (non-hydrogen) atoms. The molecule has 0 spiro atoms. The van der Waals surface area contributed by atoms with Gasteiger partial charge in [0.15, 0.2) is 0 Å². The van der Waals surface area contributed by atoms with Gasteiger partial charge in [-0.15, -0.1) is 0 Å². The third-order valence-electron chi connectivity index (χ3n) is 5.99. The molecule has 6 nitrogen and oxygen atoms in total. The number of hydrogen-bond acceptors (Lipinski definition) is 5. The van der Waals surface area contributed by atoms with E-state index in [0.29, 0.717) is 30.2 Å². The van der Waals surface area contributed by atoms with Gasteiger partial charge in [-0.1, -0.05) is 29.8 Å². The molecular formula is C25H30ClN3O3. The maximum Gasteiger partial charge on any atom is 0.146 e. The topological polar surface area (TPSA) is 59.8 Å². The lowest BCUT2D eigenvalue weighted by molar-refractivity contribution is -0.0537. The molecule has 1 fully saturated rings. The third kappa shape index (κ3) is 5.82. The molecule has 0 unspecified atom stereocenters. The number of aryl methyl sites for hydroxylation is 2. The van der Waals surface area contributed by atoms with Crippen molar-refractivity contribution in [2.75, 3.05) is 19.7 Å². The number of likely N-dealkylation sites (tertiary alicyclic amines) is 1. The first-order valence-electron chi connectivity index (χ1n) is 10.9. The van der Waals surface area contributed by atoms with Gasteiger partial charge in [0.05, 0.1) is 5.02 Å². The number of aromatic nitrogens is 2. The summed E-state index contributed by atoms with van der Waals surface area (Å²) in [7, 11) is 1.96. The summed E-state index contributed by atoms with van der Waals surface area (Å²) in [6, 6.07) is 13.9. The van der Waals surface area contributed by atoms with E-state index in [1.54, 1.807) is 6.20 Å². The number of ether oxygens (including phenoxy) is 2. The number of piperidine rings is 1. The van der Waals surface area contributed by atoms with E-state index in [4.69, 9.17) is 21.1 Å². The second-order valence-electron chi connectivity index (χ2n) is 8.61. The number of imidazole rings is 1. The molecular weight excluding hydrogens is 426 g/mol. The maximum atomic E-state index is 11.0. The van der Waals surface area contributed by atoms with E-state index in [1.807, 2.05) is 55.1 Å². The highest BCUT2D eigenvalue weighted by molar-refractivity contribution is 6.32. The molecule has 0 saturated carbocycles. The van der Waals surface area contributed by atoms with Crippen molar-refractivity contribution in [3.63, 3.8) is 0 Å². The minimum Gasteiger partial charge on any atom is -0.489 e. The van der Waals surface area contributed by atoms with E-state index in [2.05, 4.69) is 22.0 Å². The highest BCUT2D eigenvalue weighted by Gasteiger charge is 2.33. The lowest BCUT2D eigenvalue weighted by Gasteiger charge is -2.38. The second-order valence-corrected chi connectivity index (χ2v) is 9.02. The Morgan fingerprint density at radius 3 is 2.53 bits per heavy atom. The minimum atomic E-state index is -0.827. The fourth-order valence-electron chi connectivity index (χ4n) is 3.84. The van der Waals surface area contributed by atoms with Crippen LogP contribution in [0.5, 0.6) is 11.5 Å². The first-order valence-corrected chi connectivity index (χ1v) is 11.3. The minimum absolute atomic E-state index is 0.256. The lowest BCUT2D eigenvalue weighted by Crippen LogP contribution is -2.47. The van der Waals surface area contributed by atoms with Crippen molar-refractivity contribution >= 4 is 11.6 Å². The largest absolute Gasteiger partial charge is 0.489 e. The molecule has 0 bridgehead atoms. The monoisotopic (exact) mass is 455 g/mol. The van der Waals surface area contributed by atoms with Gasteiger partial charge in [-0.25, -0.2) is 4.98 Å². The van der Waals surface area contributed by atoms with Crippen LogP contribution in [-0.2, 0) is 20.2 Å². The quantitative estimate of drug-likeness (QED) is 0.546. The van der Waals surface area contributed by atoms with E-state index in [9.17, 15) is 5.11 Å². The molecule has 1 N–H and O–H groups in total. The molecule has 2 aromatic carbocycles. The number of rotatable bonds is 8. The molecule has 0 atom stereocenters. The Morgan fingerprint density at radius 1 is 1.09 bits per heavy atom. The second kappa shape index (κ2) is 9.94. The van der Waals surface area contributed by atoms with Gasteiger partial charge in [-0.05, 0) is 55.2 Å². The molecule has 7 heteroatoms. The van der Waals surface area contributed by atoms with E-state index in [1.165, 1.54) is 5.56 Å². The summed E-state index contributed by atoms with van der Waals surface area (Å²) in [5, 5.41) is 11.5. The Hall–Kier alpha value is -2.54. The smallest absolute Gasteiger partial charge is 0.146 e. The molecule has 3 aromatic rings. The summed E-state index contributed by atoms with van der Waals surface area (Å²) in [5.41, 5.74) is 1.48. The van der Waals surface area contributed by atoms with Crippen molar-refractivity contribution < 1.29 is 14.6 Å². The van der Waals surface area contributed by atoms with Crippen molar-refractivity contribution in [2.45, 2.75) is 38.5 Å². The van der Waals surface area contributed by atoms with Gasteiger partial charge in [0.1, 0.15) is 36.1 Å². The van der Waals surface area contributed by atoms with Crippen LogP contribution in [-0.4, -0.2) is 44.9 Å². The normalized spacial score (nSPS) is 16.1. The van der Waals surface area contributed by atoms with Crippen LogP contribution in [0.25, 0.3) is 0 Å². The number of halogens is 1. The summed E-state index contributed by atoms with van der Waals surface area (Å²) < 4.78 is 13.6. The fourth-order valence-corrected chi connectivity index (χ4v) is 4.01. The highest BCUT2D eigenvalue weighted by atomic mass is 35.5. The molecule has 0 radical (unpaired) electrons. The molecule has 1 aliphatic heterocycles. The molecule has 2 heterocycles. The van der Waals surface area contributed by atoms with Crippen LogP contribution in [0.2, 0.25) is 5.02 Å². The van der Waals surface area contributed by atoms with Crippen molar-refractivity contribution in [1.82, 2.24) is 14.5 Å². The van der Waals surface area contributed by atoms with Crippen LogP contribution in [0.4, 0.5) is 0 Å². The predicted molar refractivity (Wildman–Crippen MR) is 125 cm³/mol. The summed E-state index contributed by atoms with van der Waals surface area (Å²) in [5.74, 6) is 2.35. The van der Waals surface area contributed by atoms with Gasteiger partial charge >= 0.3 is 0 Å². The Bertz CT molecular complexity index is 1030. The van der Waals surface area contributed by atoms with Crippen LogP contribution in [0, 0.1) is 6.92 Å².